The fourth-order valence-electron chi connectivity index (χ4n) is 6.88. The maximum absolute atomic E-state index is 14.4. The third kappa shape index (κ3) is 6.75. The monoisotopic (exact) mass is 589 g/mol. The summed E-state index contributed by atoms with van der Waals surface area (Å²) in [5.41, 5.74) is -1.17. The summed E-state index contributed by atoms with van der Waals surface area (Å²) >= 11 is 0. The molecule has 2 N–H and O–H groups in total. The van der Waals surface area contributed by atoms with Crippen molar-refractivity contribution in [2.45, 2.75) is 109 Å². The number of carbonyl (C=O) groups is 4. The van der Waals surface area contributed by atoms with E-state index in [4.69, 9.17) is 9.47 Å². The molecule has 3 rings (SSSR count). The largest absolute Gasteiger partial charge is 0.460 e. The Bertz CT molecular complexity index is 1000. The van der Waals surface area contributed by atoms with Crippen LogP contribution in [-0.4, -0.2) is 94.7 Å². The zero-order chi connectivity index (χ0) is 31.0. The Morgan fingerprint density at radius 2 is 1.98 bits per heavy atom. The average Bonchev–Trinajstić information content (AvgIpc) is 3.62. The molecule has 3 heterocycles. The molecule has 3 amide bonds. The number of amides is 3. The number of aliphatic hydroxyl groups is 1. The van der Waals surface area contributed by atoms with E-state index < -0.39 is 47.7 Å². The van der Waals surface area contributed by atoms with E-state index in [1.165, 1.54) is 0 Å². The molecular formula is C32H51N3O7. The summed E-state index contributed by atoms with van der Waals surface area (Å²) in [7, 11) is 0. The standard InChI is InChI=1S/C32H51N3O7/c1-7-11-13-18-34(17-9-3)30(39)28-32-16-15-24(42-32)26(27(32)29(38)35(28)23(20-36)21(5)10-4)31(40)41-22(6)19-33-25(37)14-12-8-2/h8-9,21-24,26-28,36H,2-3,7,10-20H2,1,4-6H3,(H,33,37)/t21-,22-,23-,24-,26+,27+,28-,32+/m0/s1. The summed E-state index contributed by atoms with van der Waals surface area (Å²) < 4.78 is 12.3. The fraction of sp³-hybridized carbons (Fsp3) is 0.750. The van der Waals surface area contributed by atoms with Gasteiger partial charge in [0.25, 0.3) is 0 Å². The highest BCUT2D eigenvalue weighted by Gasteiger charge is 2.75. The lowest BCUT2D eigenvalue weighted by molar-refractivity contribution is -0.160. The molecular weight excluding hydrogens is 538 g/mol. The maximum atomic E-state index is 14.4. The Morgan fingerprint density at radius 1 is 1.24 bits per heavy atom. The van der Waals surface area contributed by atoms with Gasteiger partial charge < -0.3 is 29.7 Å². The van der Waals surface area contributed by atoms with Gasteiger partial charge in [0.05, 0.1) is 37.1 Å². The van der Waals surface area contributed by atoms with Gasteiger partial charge in [0.2, 0.25) is 17.7 Å². The fourth-order valence-corrected chi connectivity index (χ4v) is 6.88. The minimum Gasteiger partial charge on any atom is -0.460 e. The van der Waals surface area contributed by atoms with Gasteiger partial charge in [-0.1, -0.05) is 52.2 Å². The lowest BCUT2D eigenvalue weighted by atomic mass is 9.70. The number of nitrogens with zero attached hydrogens (tertiary/aromatic N) is 2. The van der Waals surface area contributed by atoms with Crippen LogP contribution in [0.1, 0.15) is 79.1 Å². The van der Waals surface area contributed by atoms with E-state index in [0.717, 1.165) is 19.3 Å². The Kier molecular flexibility index (Phi) is 12.2. The van der Waals surface area contributed by atoms with Crippen molar-refractivity contribution in [2.75, 3.05) is 26.2 Å². The summed E-state index contributed by atoms with van der Waals surface area (Å²) in [5.74, 6) is -3.11. The van der Waals surface area contributed by atoms with Crippen molar-refractivity contribution < 1.29 is 33.8 Å². The molecule has 10 nitrogen and oxygen atoms in total. The second kappa shape index (κ2) is 15.1. The number of carbonyl (C=O) groups excluding carboxylic acids is 4. The van der Waals surface area contributed by atoms with E-state index in [1.807, 2.05) is 13.8 Å². The predicted molar refractivity (Wildman–Crippen MR) is 159 cm³/mol. The molecule has 0 aromatic carbocycles. The Balaban J connectivity index is 1.91. The van der Waals surface area contributed by atoms with Crippen LogP contribution < -0.4 is 5.32 Å². The number of esters is 1. The highest BCUT2D eigenvalue weighted by Crippen LogP contribution is 2.59. The van der Waals surface area contributed by atoms with E-state index in [2.05, 4.69) is 25.4 Å². The van der Waals surface area contributed by atoms with Crippen LogP contribution in [0.4, 0.5) is 0 Å². The summed E-state index contributed by atoms with van der Waals surface area (Å²) in [6.07, 6.45) is 7.53. The first-order valence-corrected chi connectivity index (χ1v) is 15.7. The van der Waals surface area contributed by atoms with Gasteiger partial charge in [-0.05, 0) is 38.5 Å². The summed E-state index contributed by atoms with van der Waals surface area (Å²) in [4.78, 5) is 57.6. The van der Waals surface area contributed by atoms with Crippen molar-refractivity contribution in [3.63, 3.8) is 0 Å². The second-order valence-corrected chi connectivity index (χ2v) is 12.1. The van der Waals surface area contributed by atoms with Crippen molar-refractivity contribution in [1.29, 1.82) is 0 Å². The quantitative estimate of drug-likeness (QED) is 0.143. The van der Waals surface area contributed by atoms with Crippen LogP contribution in [0.25, 0.3) is 0 Å². The maximum Gasteiger partial charge on any atom is 0.312 e. The van der Waals surface area contributed by atoms with Gasteiger partial charge >= 0.3 is 5.97 Å². The number of nitrogens with one attached hydrogen (secondary N) is 1. The van der Waals surface area contributed by atoms with Crippen LogP contribution in [0.5, 0.6) is 0 Å². The molecule has 0 saturated carbocycles. The van der Waals surface area contributed by atoms with Crippen molar-refractivity contribution in [3.05, 3.63) is 25.3 Å². The minimum atomic E-state index is -1.17. The highest BCUT2D eigenvalue weighted by molar-refractivity contribution is 5.98. The molecule has 10 heteroatoms. The highest BCUT2D eigenvalue weighted by atomic mass is 16.6. The average molecular weight is 590 g/mol. The molecule has 0 aliphatic carbocycles. The smallest absolute Gasteiger partial charge is 0.312 e. The van der Waals surface area contributed by atoms with Crippen molar-refractivity contribution in [2.24, 2.45) is 17.8 Å². The third-order valence-corrected chi connectivity index (χ3v) is 9.26. The Labute approximate surface area is 250 Å². The summed E-state index contributed by atoms with van der Waals surface area (Å²) in [5, 5.41) is 13.3. The van der Waals surface area contributed by atoms with Gasteiger partial charge in [0.15, 0.2) is 0 Å². The van der Waals surface area contributed by atoms with Crippen LogP contribution in [0.15, 0.2) is 25.3 Å². The van der Waals surface area contributed by atoms with Crippen LogP contribution >= 0.6 is 0 Å². The second-order valence-electron chi connectivity index (χ2n) is 12.1. The molecule has 0 unspecified atom stereocenters. The third-order valence-electron chi connectivity index (χ3n) is 9.26. The number of hydrogen-bond donors (Lipinski definition) is 2. The number of rotatable bonds is 18. The molecule has 2 bridgehead atoms. The number of likely N-dealkylation sites (tertiary alicyclic amines) is 1. The topological polar surface area (TPSA) is 125 Å². The van der Waals surface area contributed by atoms with Crippen molar-refractivity contribution in [1.82, 2.24) is 15.1 Å². The Hall–Kier alpha value is -2.72. The van der Waals surface area contributed by atoms with Gasteiger partial charge in [-0.25, -0.2) is 0 Å². The molecule has 3 aliphatic rings. The molecule has 0 aromatic rings. The molecule has 8 atom stereocenters. The lowest BCUT2D eigenvalue weighted by Crippen LogP contribution is -2.59. The predicted octanol–water partition coefficient (Wildman–Crippen LogP) is 2.99. The van der Waals surface area contributed by atoms with E-state index in [-0.39, 0.29) is 36.8 Å². The molecule has 236 valence electrons. The van der Waals surface area contributed by atoms with Gasteiger partial charge in [0, 0.05) is 19.5 Å². The normalized spacial score (nSPS) is 28.1. The van der Waals surface area contributed by atoms with E-state index in [1.54, 1.807) is 28.9 Å². The molecule has 1 spiro atoms. The van der Waals surface area contributed by atoms with Crippen LogP contribution in [-0.2, 0) is 28.7 Å². The lowest BCUT2D eigenvalue weighted by Gasteiger charge is -2.41. The molecule has 0 aromatic heterocycles. The zero-order valence-corrected chi connectivity index (χ0v) is 25.9. The van der Waals surface area contributed by atoms with Gasteiger partial charge in [-0.15, -0.1) is 13.2 Å². The number of aliphatic hydroxyl groups excluding tert-OH is 1. The minimum absolute atomic E-state index is 0.0789. The van der Waals surface area contributed by atoms with Crippen molar-refractivity contribution in [3.8, 4) is 0 Å². The van der Waals surface area contributed by atoms with Crippen LogP contribution in [0, 0.1) is 17.8 Å². The number of ether oxygens (including phenoxy) is 2. The van der Waals surface area contributed by atoms with Crippen LogP contribution in [0.3, 0.4) is 0 Å². The SMILES string of the molecule is C=CCCC(=O)NC[C@H](C)OC(=O)[C@@H]1[C@@H]2CC[C@]3(O2)[C@H](C(=O)N(CC=C)CCCCC)N([C@@H](CO)[C@@H](C)CC)C(=O)[C@@H]13. The first-order valence-electron chi connectivity index (χ1n) is 15.7. The van der Waals surface area contributed by atoms with Gasteiger partial charge in [-0.2, -0.15) is 0 Å². The number of unbranched alkanes of at least 4 members (excludes halogenated alkanes) is 2. The summed E-state index contributed by atoms with van der Waals surface area (Å²) in [6, 6.07) is -1.55. The van der Waals surface area contributed by atoms with E-state index >= 15 is 0 Å². The molecule has 42 heavy (non-hydrogen) atoms. The van der Waals surface area contributed by atoms with Gasteiger partial charge in [-0.3, -0.25) is 19.2 Å². The van der Waals surface area contributed by atoms with Crippen LogP contribution in [0.2, 0.25) is 0 Å². The number of hydrogen-bond acceptors (Lipinski definition) is 7. The first kappa shape index (κ1) is 33.8. The van der Waals surface area contributed by atoms with E-state index in [0.29, 0.717) is 45.2 Å². The molecule has 0 radical (unpaired) electrons. The first-order chi connectivity index (χ1) is 20.1. The van der Waals surface area contributed by atoms with Crippen molar-refractivity contribution >= 4 is 23.7 Å². The molecule has 3 aliphatic heterocycles. The van der Waals surface area contributed by atoms with Gasteiger partial charge in [0.1, 0.15) is 17.7 Å². The number of fused-ring (bicyclic) bond motifs is 1. The van der Waals surface area contributed by atoms with E-state index in [9.17, 15) is 24.3 Å². The number of allylic oxidation sites excluding steroid dienone is 1. The molecule has 3 saturated heterocycles. The summed E-state index contributed by atoms with van der Waals surface area (Å²) in [6.45, 7) is 15.9. The zero-order valence-electron chi connectivity index (χ0n) is 25.9. The molecule has 3 fully saturated rings. The Morgan fingerprint density at radius 3 is 2.60 bits per heavy atom.